The van der Waals surface area contributed by atoms with Crippen LogP contribution in [0.1, 0.15) is 30.2 Å². The molecule has 0 radical (unpaired) electrons. The summed E-state index contributed by atoms with van der Waals surface area (Å²) in [7, 11) is 1.52. The molecule has 33 heavy (non-hydrogen) atoms. The summed E-state index contributed by atoms with van der Waals surface area (Å²) < 4.78 is 12.7. The SMILES string of the molecule is COc1ncc(-c2nc3sc4c(O)c(Cl)ccc4c3c(=O)n2Cc2cnco2)c(C2CC2)n1. The van der Waals surface area contributed by atoms with Gasteiger partial charge in [0.25, 0.3) is 5.56 Å². The van der Waals surface area contributed by atoms with Gasteiger partial charge < -0.3 is 14.3 Å². The van der Waals surface area contributed by atoms with Crippen LogP contribution in [0.2, 0.25) is 5.02 Å². The maximum Gasteiger partial charge on any atom is 0.316 e. The molecule has 1 fully saturated rings. The van der Waals surface area contributed by atoms with Crippen molar-refractivity contribution in [2.45, 2.75) is 25.3 Å². The van der Waals surface area contributed by atoms with E-state index in [9.17, 15) is 9.90 Å². The predicted molar refractivity (Wildman–Crippen MR) is 123 cm³/mol. The van der Waals surface area contributed by atoms with E-state index in [1.54, 1.807) is 24.5 Å². The Balaban J connectivity index is 1.68. The topological polar surface area (TPSA) is 116 Å². The zero-order valence-corrected chi connectivity index (χ0v) is 18.9. The van der Waals surface area contributed by atoms with Crippen LogP contribution >= 0.6 is 22.9 Å². The fourth-order valence-electron chi connectivity index (χ4n) is 3.93. The molecule has 0 bridgehead atoms. The second-order valence-electron chi connectivity index (χ2n) is 7.78. The Labute approximate surface area is 195 Å². The summed E-state index contributed by atoms with van der Waals surface area (Å²) >= 11 is 7.32. The molecule has 6 rings (SSSR count). The molecule has 1 aliphatic rings. The second-order valence-corrected chi connectivity index (χ2v) is 9.19. The van der Waals surface area contributed by atoms with Crippen LogP contribution in [0, 0.1) is 0 Å². The number of fused-ring (bicyclic) bond motifs is 3. The van der Waals surface area contributed by atoms with Crippen molar-refractivity contribution >= 4 is 43.2 Å². The van der Waals surface area contributed by atoms with Gasteiger partial charge in [-0.15, -0.1) is 11.3 Å². The molecular formula is C22H16ClN5O4S. The smallest absolute Gasteiger partial charge is 0.316 e. The van der Waals surface area contributed by atoms with E-state index in [1.165, 1.54) is 29.4 Å². The van der Waals surface area contributed by atoms with Gasteiger partial charge >= 0.3 is 6.01 Å². The predicted octanol–water partition coefficient (Wildman–Crippen LogP) is 4.35. The first kappa shape index (κ1) is 20.1. The summed E-state index contributed by atoms with van der Waals surface area (Å²) in [5.41, 5.74) is 1.19. The number of phenolic OH excluding ortho intramolecular Hbond substituents is 1. The minimum absolute atomic E-state index is 0.0636. The average Bonchev–Trinajstić information content (AvgIpc) is 3.41. The molecule has 1 aliphatic carbocycles. The van der Waals surface area contributed by atoms with Gasteiger partial charge in [0.15, 0.2) is 12.1 Å². The quantitative estimate of drug-likeness (QED) is 0.394. The zero-order valence-electron chi connectivity index (χ0n) is 17.3. The maximum atomic E-state index is 13.8. The number of aromatic hydroxyl groups is 1. The summed E-state index contributed by atoms with van der Waals surface area (Å²) in [5, 5.41) is 11.7. The molecule has 0 spiro atoms. The Kier molecular flexibility index (Phi) is 4.59. The lowest BCUT2D eigenvalue weighted by Gasteiger charge is -2.14. The number of hydrogen-bond donors (Lipinski definition) is 1. The number of halogens is 1. The van der Waals surface area contributed by atoms with Gasteiger partial charge in [0.1, 0.15) is 16.4 Å². The molecule has 4 aromatic heterocycles. The largest absolute Gasteiger partial charge is 0.505 e. The molecule has 0 saturated heterocycles. The van der Waals surface area contributed by atoms with Crippen LogP contribution < -0.4 is 10.3 Å². The average molecular weight is 482 g/mol. The number of phenols is 1. The minimum atomic E-state index is -0.267. The first-order chi connectivity index (χ1) is 16.0. The van der Waals surface area contributed by atoms with E-state index in [1.807, 2.05) is 0 Å². The molecule has 4 heterocycles. The van der Waals surface area contributed by atoms with Crippen LogP contribution in [0.25, 0.3) is 31.7 Å². The van der Waals surface area contributed by atoms with Crippen LogP contribution in [0.15, 0.2) is 40.1 Å². The number of oxazole rings is 1. The molecule has 0 amide bonds. The van der Waals surface area contributed by atoms with Crippen molar-refractivity contribution in [2.75, 3.05) is 7.11 Å². The fourth-order valence-corrected chi connectivity index (χ4v) is 5.25. The number of nitrogens with zero attached hydrogens (tertiary/aromatic N) is 5. The summed E-state index contributed by atoms with van der Waals surface area (Å²) in [6.45, 7) is 0.129. The molecule has 0 unspecified atom stereocenters. The Morgan fingerprint density at radius 3 is 2.88 bits per heavy atom. The minimum Gasteiger partial charge on any atom is -0.505 e. The Hall–Kier alpha value is -3.50. The normalized spacial score (nSPS) is 13.8. The lowest BCUT2D eigenvalue weighted by molar-refractivity contribution is 0.378. The number of thiophene rings is 1. The Bertz CT molecular complexity index is 1590. The summed E-state index contributed by atoms with van der Waals surface area (Å²) in [5.74, 6) is 1.12. The van der Waals surface area contributed by atoms with E-state index in [4.69, 9.17) is 25.7 Å². The molecule has 1 aromatic carbocycles. The van der Waals surface area contributed by atoms with E-state index in [2.05, 4.69) is 15.0 Å². The lowest BCUT2D eigenvalue weighted by Crippen LogP contribution is -2.24. The van der Waals surface area contributed by atoms with Crippen molar-refractivity contribution < 1.29 is 14.3 Å². The number of ether oxygens (including phenoxy) is 1. The molecule has 9 nitrogen and oxygen atoms in total. The van der Waals surface area contributed by atoms with Gasteiger partial charge in [0, 0.05) is 17.5 Å². The highest BCUT2D eigenvalue weighted by Gasteiger charge is 2.31. The molecule has 166 valence electrons. The summed E-state index contributed by atoms with van der Waals surface area (Å²) in [4.78, 5) is 32.0. The third-order valence-corrected chi connectivity index (χ3v) is 7.08. The number of hydrogen-bond acceptors (Lipinski definition) is 9. The van der Waals surface area contributed by atoms with Crippen molar-refractivity contribution in [3.8, 4) is 23.1 Å². The van der Waals surface area contributed by atoms with Crippen LogP contribution in [0.4, 0.5) is 0 Å². The fraction of sp³-hybridized carbons (Fsp3) is 0.227. The number of aromatic nitrogens is 5. The maximum absolute atomic E-state index is 13.8. The van der Waals surface area contributed by atoms with Crippen molar-refractivity contribution in [1.82, 2.24) is 24.5 Å². The van der Waals surface area contributed by atoms with Crippen molar-refractivity contribution in [3.05, 3.63) is 57.8 Å². The first-order valence-corrected chi connectivity index (χ1v) is 11.4. The van der Waals surface area contributed by atoms with Crippen molar-refractivity contribution in [2.24, 2.45) is 0 Å². The molecule has 5 aromatic rings. The lowest BCUT2D eigenvalue weighted by atomic mass is 10.1. The van der Waals surface area contributed by atoms with Gasteiger partial charge in [-0.05, 0) is 18.9 Å². The molecular weight excluding hydrogens is 466 g/mol. The zero-order chi connectivity index (χ0) is 22.7. The number of rotatable bonds is 5. The third kappa shape index (κ3) is 3.25. The van der Waals surface area contributed by atoms with Crippen LogP contribution in [-0.4, -0.2) is 36.7 Å². The van der Waals surface area contributed by atoms with Gasteiger partial charge in [-0.3, -0.25) is 9.36 Å². The Morgan fingerprint density at radius 1 is 1.30 bits per heavy atom. The molecule has 0 aliphatic heterocycles. The number of methoxy groups -OCH3 is 1. The van der Waals surface area contributed by atoms with Crippen molar-refractivity contribution in [3.63, 3.8) is 0 Å². The van der Waals surface area contributed by atoms with Crippen molar-refractivity contribution in [1.29, 1.82) is 0 Å². The summed E-state index contributed by atoms with van der Waals surface area (Å²) in [6.07, 6.45) is 6.52. The second kappa shape index (κ2) is 7.53. The van der Waals surface area contributed by atoms with E-state index in [0.717, 1.165) is 18.5 Å². The van der Waals surface area contributed by atoms with Gasteiger partial charge in [-0.2, -0.15) is 4.98 Å². The van der Waals surface area contributed by atoms with Crippen LogP contribution in [0.3, 0.4) is 0 Å². The monoisotopic (exact) mass is 481 g/mol. The standard InChI is InChI=1S/C22H16ClN5O4S/c1-31-22-25-7-13(16(26-22)10-2-3-10)19-27-20-15(12-4-5-14(23)17(29)18(12)33-20)21(30)28(19)8-11-6-24-9-32-11/h4-7,9-10,29H,2-3,8H2,1H3. The molecule has 1 N–H and O–H groups in total. The van der Waals surface area contributed by atoms with E-state index >= 15 is 0 Å². The molecule has 0 atom stereocenters. The first-order valence-electron chi connectivity index (χ1n) is 10.2. The van der Waals surface area contributed by atoms with E-state index < -0.39 is 0 Å². The van der Waals surface area contributed by atoms with Crippen LogP contribution in [0.5, 0.6) is 11.8 Å². The van der Waals surface area contributed by atoms with Gasteiger partial charge in [-0.25, -0.2) is 15.0 Å². The number of benzene rings is 1. The van der Waals surface area contributed by atoms with Crippen LogP contribution in [-0.2, 0) is 6.54 Å². The van der Waals surface area contributed by atoms with E-state index in [0.29, 0.717) is 37.5 Å². The van der Waals surface area contributed by atoms with Gasteiger partial charge in [0.05, 0.1) is 46.2 Å². The Morgan fingerprint density at radius 2 is 2.15 bits per heavy atom. The third-order valence-electron chi connectivity index (χ3n) is 5.67. The molecule has 11 heteroatoms. The highest BCUT2D eigenvalue weighted by molar-refractivity contribution is 7.25. The van der Waals surface area contributed by atoms with Gasteiger partial charge in [-0.1, -0.05) is 17.7 Å². The molecule has 1 saturated carbocycles. The van der Waals surface area contributed by atoms with Gasteiger partial charge in [0.2, 0.25) is 0 Å². The highest BCUT2D eigenvalue weighted by Crippen LogP contribution is 2.44. The van der Waals surface area contributed by atoms with E-state index in [-0.39, 0.29) is 34.8 Å². The summed E-state index contributed by atoms with van der Waals surface area (Å²) in [6, 6.07) is 3.57. The highest BCUT2D eigenvalue weighted by atomic mass is 35.5.